The molecule has 0 radical (unpaired) electrons. The van der Waals surface area contributed by atoms with E-state index in [0.717, 1.165) is 0 Å². The van der Waals surface area contributed by atoms with Crippen molar-refractivity contribution in [2.45, 2.75) is 6.92 Å². The molecule has 4 rings (SSSR count). The van der Waals surface area contributed by atoms with Gasteiger partial charge in [0, 0.05) is 10.6 Å². The molecule has 0 atom stereocenters. The Balaban J connectivity index is 1.44. The van der Waals surface area contributed by atoms with Crippen molar-refractivity contribution < 1.29 is 28.5 Å². The molecule has 174 valence electrons. The van der Waals surface area contributed by atoms with E-state index in [1.807, 2.05) is 0 Å². The molecule has 0 aromatic heterocycles. The summed E-state index contributed by atoms with van der Waals surface area (Å²) < 4.78 is 21.6. The first-order chi connectivity index (χ1) is 16.4. The molecule has 0 spiro atoms. The third-order valence-electron chi connectivity index (χ3n) is 4.64. The molecule has 3 aromatic carbocycles. The fraction of sp³-hybridized carbons (Fsp3) is 0.125. The van der Waals surface area contributed by atoms with Crippen LogP contribution in [0.25, 0.3) is 0 Å². The number of benzene rings is 3. The van der Waals surface area contributed by atoms with Gasteiger partial charge in [-0.2, -0.15) is 5.10 Å². The summed E-state index contributed by atoms with van der Waals surface area (Å²) in [6, 6.07) is 14.2. The van der Waals surface area contributed by atoms with E-state index in [-0.39, 0.29) is 23.1 Å². The molecule has 0 bridgehead atoms. The number of rotatable bonds is 7. The summed E-state index contributed by atoms with van der Waals surface area (Å²) in [5, 5.41) is 4.57. The van der Waals surface area contributed by atoms with Gasteiger partial charge in [0.2, 0.25) is 6.79 Å². The molecule has 0 saturated carbocycles. The number of hydrazone groups is 1. The van der Waals surface area contributed by atoms with Gasteiger partial charge >= 0.3 is 5.97 Å². The second-order valence-corrected chi connectivity index (χ2v) is 7.76. The Morgan fingerprint density at radius 1 is 1.03 bits per heavy atom. The van der Waals surface area contributed by atoms with Crippen molar-refractivity contribution in [1.29, 1.82) is 0 Å². The Morgan fingerprint density at radius 2 is 1.85 bits per heavy atom. The lowest BCUT2D eigenvalue weighted by molar-refractivity contribution is 0.0728. The minimum Gasteiger partial charge on any atom is -0.490 e. The van der Waals surface area contributed by atoms with E-state index in [9.17, 15) is 9.59 Å². The highest BCUT2D eigenvalue weighted by Gasteiger charge is 2.17. The topological polar surface area (TPSA) is 95.5 Å². The maximum absolute atomic E-state index is 12.5. The molecule has 1 amide bonds. The third-order valence-corrected chi connectivity index (χ3v) is 5.18. The Kier molecular flexibility index (Phi) is 7.20. The van der Waals surface area contributed by atoms with Crippen LogP contribution < -0.4 is 24.4 Å². The predicted molar refractivity (Wildman–Crippen MR) is 127 cm³/mol. The zero-order valence-corrected chi connectivity index (χ0v) is 19.4. The average molecular weight is 501 g/mol. The summed E-state index contributed by atoms with van der Waals surface area (Å²) in [5.74, 6) is 0.557. The van der Waals surface area contributed by atoms with Crippen LogP contribution in [0.2, 0.25) is 10.0 Å². The standard InChI is InChI=1S/C24H18Cl2N2O6/c1-2-31-21-9-14(3-7-20(21)34-24(30)17-6-5-16(25)11-18(17)26)12-27-28-23(29)15-4-8-19-22(10-15)33-13-32-19/h3-12H,2,13H2,1H3,(H,28,29)/b27-12+. The van der Waals surface area contributed by atoms with Crippen LogP contribution in [0, 0.1) is 0 Å². The van der Waals surface area contributed by atoms with Gasteiger partial charge in [-0.25, -0.2) is 10.2 Å². The number of halogens is 2. The number of hydrogen-bond acceptors (Lipinski definition) is 7. The fourth-order valence-corrected chi connectivity index (χ4v) is 3.52. The monoisotopic (exact) mass is 500 g/mol. The first-order valence-electron chi connectivity index (χ1n) is 10.1. The molecular formula is C24H18Cl2N2O6. The summed E-state index contributed by atoms with van der Waals surface area (Å²) in [7, 11) is 0. The number of nitrogens with one attached hydrogen (secondary N) is 1. The summed E-state index contributed by atoms with van der Waals surface area (Å²) in [5.41, 5.74) is 3.61. The molecule has 0 saturated heterocycles. The molecule has 34 heavy (non-hydrogen) atoms. The number of esters is 1. The van der Waals surface area contributed by atoms with Gasteiger partial charge in [-0.05, 0) is 67.1 Å². The Labute approximate surface area is 205 Å². The van der Waals surface area contributed by atoms with E-state index in [1.54, 1.807) is 49.4 Å². The molecule has 1 aliphatic rings. The van der Waals surface area contributed by atoms with E-state index in [1.165, 1.54) is 18.3 Å². The molecule has 0 fully saturated rings. The van der Waals surface area contributed by atoms with Gasteiger partial charge in [0.1, 0.15) is 0 Å². The van der Waals surface area contributed by atoms with Crippen LogP contribution in [0.5, 0.6) is 23.0 Å². The average Bonchev–Trinajstić information content (AvgIpc) is 3.28. The summed E-state index contributed by atoms with van der Waals surface area (Å²) in [6.45, 7) is 2.26. The Morgan fingerprint density at radius 3 is 2.65 bits per heavy atom. The van der Waals surface area contributed by atoms with Crippen LogP contribution in [0.1, 0.15) is 33.2 Å². The maximum atomic E-state index is 12.5. The molecule has 1 N–H and O–H groups in total. The van der Waals surface area contributed by atoms with Crippen molar-refractivity contribution in [3.63, 3.8) is 0 Å². The zero-order valence-electron chi connectivity index (χ0n) is 17.8. The van der Waals surface area contributed by atoms with E-state index >= 15 is 0 Å². The minimum absolute atomic E-state index is 0.124. The number of amides is 1. The smallest absolute Gasteiger partial charge is 0.345 e. The van der Waals surface area contributed by atoms with Crippen LogP contribution in [0.4, 0.5) is 0 Å². The zero-order chi connectivity index (χ0) is 24.1. The van der Waals surface area contributed by atoms with E-state index in [0.29, 0.717) is 40.0 Å². The van der Waals surface area contributed by atoms with Crippen molar-refractivity contribution in [2.24, 2.45) is 5.10 Å². The number of fused-ring (bicyclic) bond motifs is 1. The van der Waals surface area contributed by atoms with Crippen LogP contribution in [0.15, 0.2) is 59.7 Å². The number of carbonyl (C=O) groups excluding carboxylic acids is 2. The summed E-state index contributed by atoms with van der Waals surface area (Å²) in [4.78, 5) is 24.9. The van der Waals surface area contributed by atoms with Gasteiger partial charge in [0.25, 0.3) is 5.91 Å². The van der Waals surface area contributed by atoms with Crippen LogP contribution in [-0.4, -0.2) is 31.5 Å². The van der Waals surface area contributed by atoms with Crippen molar-refractivity contribution in [1.82, 2.24) is 5.43 Å². The Hall–Kier alpha value is -3.75. The van der Waals surface area contributed by atoms with Gasteiger partial charge in [-0.15, -0.1) is 0 Å². The van der Waals surface area contributed by atoms with Crippen molar-refractivity contribution in [3.8, 4) is 23.0 Å². The number of hydrogen-bond donors (Lipinski definition) is 1. The van der Waals surface area contributed by atoms with Gasteiger partial charge in [0.05, 0.1) is 23.4 Å². The largest absolute Gasteiger partial charge is 0.490 e. The third kappa shape index (κ3) is 5.41. The van der Waals surface area contributed by atoms with E-state index < -0.39 is 11.9 Å². The first kappa shape index (κ1) is 23.4. The quantitative estimate of drug-likeness (QED) is 0.209. The Bertz CT molecular complexity index is 1280. The number of carbonyl (C=O) groups is 2. The summed E-state index contributed by atoms with van der Waals surface area (Å²) >= 11 is 12.0. The highest BCUT2D eigenvalue weighted by Crippen LogP contribution is 2.33. The number of nitrogens with zero attached hydrogens (tertiary/aromatic N) is 1. The molecule has 3 aromatic rings. The first-order valence-corrected chi connectivity index (χ1v) is 10.9. The lowest BCUT2D eigenvalue weighted by atomic mass is 10.2. The lowest BCUT2D eigenvalue weighted by Gasteiger charge is -2.12. The molecule has 8 nitrogen and oxygen atoms in total. The molecule has 10 heteroatoms. The van der Waals surface area contributed by atoms with Crippen LogP contribution in [-0.2, 0) is 0 Å². The maximum Gasteiger partial charge on any atom is 0.345 e. The fourth-order valence-electron chi connectivity index (χ4n) is 3.04. The second kappa shape index (κ2) is 10.5. The van der Waals surface area contributed by atoms with Crippen molar-refractivity contribution >= 4 is 41.3 Å². The highest BCUT2D eigenvalue weighted by atomic mass is 35.5. The van der Waals surface area contributed by atoms with E-state index in [2.05, 4.69) is 10.5 Å². The second-order valence-electron chi connectivity index (χ2n) is 6.92. The molecule has 1 aliphatic heterocycles. The van der Waals surface area contributed by atoms with Crippen molar-refractivity contribution in [3.05, 3.63) is 81.3 Å². The number of ether oxygens (including phenoxy) is 4. The highest BCUT2D eigenvalue weighted by molar-refractivity contribution is 6.36. The van der Waals surface area contributed by atoms with E-state index in [4.69, 9.17) is 42.1 Å². The van der Waals surface area contributed by atoms with Gasteiger partial charge in [-0.1, -0.05) is 23.2 Å². The van der Waals surface area contributed by atoms with Crippen LogP contribution in [0.3, 0.4) is 0 Å². The van der Waals surface area contributed by atoms with Gasteiger partial charge in [-0.3, -0.25) is 4.79 Å². The SMILES string of the molecule is CCOc1cc(/C=N/NC(=O)c2ccc3c(c2)OCO3)ccc1OC(=O)c1ccc(Cl)cc1Cl. The van der Waals surface area contributed by atoms with Gasteiger partial charge in [0.15, 0.2) is 23.0 Å². The minimum atomic E-state index is -0.653. The molecule has 1 heterocycles. The van der Waals surface area contributed by atoms with Crippen LogP contribution >= 0.6 is 23.2 Å². The van der Waals surface area contributed by atoms with Gasteiger partial charge < -0.3 is 18.9 Å². The lowest BCUT2D eigenvalue weighted by Crippen LogP contribution is -2.17. The van der Waals surface area contributed by atoms with Crippen molar-refractivity contribution in [2.75, 3.05) is 13.4 Å². The normalized spacial score (nSPS) is 12.0. The predicted octanol–water partition coefficient (Wildman–Crippen LogP) is 5.10. The summed E-state index contributed by atoms with van der Waals surface area (Å²) in [6.07, 6.45) is 1.44. The molecule has 0 unspecified atom stereocenters. The molecule has 0 aliphatic carbocycles. The molecular weight excluding hydrogens is 483 g/mol.